The van der Waals surface area contributed by atoms with Gasteiger partial charge in [-0.15, -0.1) is 0 Å². The monoisotopic (exact) mass is 251 g/mol. The molecule has 0 aliphatic carbocycles. The summed E-state index contributed by atoms with van der Waals surface area (Å²) in [5, 5.41) is 15.8. The van der Waals surface area contributed by atoms with Crippen LogP contribution in [0.4, 0.5) is 5.95 Å². The van der Waals surface area contributed by atoms with Gasteiger partial charge in [-0.3, -0.25) is 9.59 Å². The molecule has 0 radical (unpaired) electrons. The average Bonchev–Trinajstić information content (AvgIpc) is 2.67. The SMILES string of the molecule is Nc1nc2ccccc2[nH]1.O=C(O)CCC(=O)O. The first-order valence-electron chi connectivity index (χ1n) is 5.13. The van der Waals surface area contributed by atoms with E-state index in [4.69, 9.17) is 15.9 Å². The molecule has 1 heterocycles. The number of nitrogen functional groups attached to an aromatic ring is 1. The molecule has 0 aliphatic rings. The van der Waals surface area contributed by atoms with Crippen molar-refractivity contribution < 1.29 is 19.8 Å². The molecule has 5 N–H and O–H groups in total. The van der Waals surface area contributed by atoms with Gasteiger partial charge in [0.15, 0.2) is 5.95 Å². The van der Waals surface area contributed by atoms with E-state index in [1.807, 2.05) is 24.3 Å². The van der Waals surface area contributed by atoms with Crippen LogP contribution in [-0.4, -0.2) is 32.1 Å². The molecule has 0 saturated heterocycles. The summed E-state index contributed by atoms with van der Waals surface area (Å²) in [6.45, 7) is 0. The second-order valence-corrected chi connectivity index (χ2v) is 3.43. The number of aliphatic carboxylic acids is 2. The lowest BCUT2D eigenvalue weighted by molar-refractivity contribution is -0.143. The molecule has 0 bridgehead atoms. The van der Waals surface area contributed by atoms with Gasteiger partial charge in [0.2, 0.25) is 0 Å². The summed E-state index contributed by atoms with van der Waals surface area (Å²) in [6, 6.07) is 7.74. The summed E-state index contributed by atoms with van der Waals surface area (Å²) in [5.74, 6) is -1.68. The Bertz CT molecular complexity index is 503. The van der Waals surface area contributed by atoms with Crippen molar-refractivity contribution in [3.63, 3.8) is 0 Å². The Hall–Kier alpha value is -2.57. The van der Waals surface area contributed by atoms with E-state index < -0.39 is 11.9 Å². The number of H-pyrrole nitrogens is 1. The second-order valence-electron chi connectivity index (χ2n) is 3.43. The fourth-order valence-corrected chi connectivity index (χ4v) is 1.19. The lowest BCUT2D eigenvalue weighted by atomic mass is 10.3. The van der Waals surface area contributed by atoms with Gasteiger partial charge < -0.3 is 20.9 Å². The van der Waals surface area contributed by atoms with E-state index in [2.05, 4.69) is 9.97 Å². The van der Waals surface area contributed by atoms with Crippen LogP contribution < -0.4 is 5.73 Å². The van der Waals surface area contributed by atoms with E-state index in [0.29, 0.717) is 5.95 Å². The quantitative estimate of drug-likeness (QED) is 0.645. The van der Waals surface area contributed by atoms with E-state index in [0.717, 1.165) is 11.0 Å². The Morgan fingerprint density at radius 3 is 2.22 bits per heavy atom. The normalized spacial score (nSPS) is 9.56. The Morgan fingerprint density at radius 1 is 1.17 bits per heavy atom. The topological polar surface area (TPSA) is 129 Å². The Labute approximate surface area is 102 Å². The van der Waals surface area contributed by atoms with Gasteiger partial charge in [-0.2, -0.15) is 0 Å². The highest BCUT2D eigenvalue weighted by Crippen LogP contribution is 2.10. The number of para-hydroxylation sites is 2. The number of benzene rings is 1. The summed E-state index contributed by atoms with van der Waals surface area (Å²) in [7, 11) is 0. The molecular weight excluding hydrogens is 238 g/mol. The number of nitrogens with two attached hydrogens (primary N) is 1. The number of nitrogens with zero attached hydrogens (tertiary/aromatic N) is 1. The molecule has 0 spiro atoms. The van der Waals surface area contributed by atoms with Gasteiger partial charge in [0.25, 0.3) is 0 Å². The van der Waals surface area contributed by atoms with Crippen molar-refractivity contribution in [1.82, 2.24) is 9.97 Å². The van der Waals surface area contributed by atoms with Gasteiger partial charge in [0.1, 0.15) is 0 Å². The number of carboxylic acid groups (broad SMARTS) is 2. The van der Waals surface area contributed by atoms with Crippen molar-refractivity contribution in [1.29, 1.82) is 0 Å². The van der Waals surface area contributed by atoms with Crippen molar-refractivity contribution in [2.75, 3.05) is 5.73 Å². The molecule has 0 fully saturated rings. The van der Waals surface area contributed by atoms with Gasteiger partial charge >= 0.3 is 11.9 Å². The zero-order valence-corrected chi connectivity index (χ0v) is 9.46. The van der Waals surface area contributed by atoms with Gasteiger partial charge in [-0.1, -0.05) is 12.1 Å². The van der Waals surface area contributed by atoms with Crippen molar-refractivity contribution in [3.8, 4) is 0 Å². The molecule has 96 valence electrons. The molecule has 0 aliphatic heterocycles. The first-order chi connectivity index (χ1) is 8.49. The minimum absolute atomic E-state index is 0.296. The third-order valence-corrected chi connectivity index (χ3v) is 1.96. The molecule has 2 rings (SSSR count). The van der Waals surface area contributed by atoms with E-state index in [-0.39, 0.29) is 12.8 Å². The fraction of sp³-hybridized carbons (Fsp3) is 0.182. The molecule has 0 saturated carbocycles. The van der Waals surface area contributed by atoms with Crippen LogP contribution in [0.3, 0.4) is 0 Å². The van der Waals surface area contributed by atoms with Gasteiger partial charge in [0, 0.05) is 0 Å². The smallest absolute Gasteiger partial charge is 0.303 e. The molecule has 7 nitrogen and oxygen atoms in total. The summed E-state index contributed by atoms with van der Waals surface area (Å²) < 4.78 is 0. The maximum Gasteiger partial charge on any atom is 0.303 e. The molecule has 1 aromatic heterocycles. The number of carboxylic acids is 2. The lowest BCUT2D eigenvalue weighted by Crippen LogP contribution is -2.00. The van der Waals surface area contributed by atoms with Crippen LogP contribution in [0.25, 0.3) is 11.0 Å². The Kier molecular flexibility index (Phi) is 4.67. The second kappa shape index (κ2) is 6.24. The Morgan fingerprint density at radius 2 is 1.72 bits per heavy atom. The average molecular weight is 251 g/mol. The first kappa shape index (κ1) is 13.5. The van der Waals surface area contributed by atoms with Crippen molar-refractivity contribution in [2.45, 2.75) is 12.8 Å². The minimum Gasteiger partial charge on any atom is -0.481 e. The van der Waals surface area contributed by atoms with E-state index in [9.17, 15) is 9.59 Å². The molecule has 1 aromatic carbocycles. The molecule has 0 amide bonds. The summed E-state index contributed by atoms with van der Waals surface area (Å²) in [4.78, 5) is 26.2. The fourth-order valence-electron chi connectivity index (χ4n) is 1.19. The third-order valence-electron chi connectivity index (χ3n) is 1.96. The van der Waals surface area contributed by atoms with Crippen LogP contribution in [0.15, 0.2) is 24.3 Å². The number of rotatable bonds is 3. The zero-order valence-electron chi connectivity index (χ0n) is 9.46. The highest BCUT2D eigenvalue weighted by molar-refractivity contribution is 5.76. The summed E-state index contributed by atoms with van der Waals surface area (Å²) in [5.41, 5.74) is 7.33. The van der Waals surface area contributed by atoms with Crippen molar-refractivity contribution in [2.24, 2.45) is 0 Å². The van der Waals surface area contributed by atoms with Crippen LogP contribution >= 0.6 is 0 Å². The zero-order chi connectivity index (χ0) is 13.5. The molecule has 18 heavy (non-hydrogen) atoms. The van der Waals surface area contributed by atoms with Crippen molar-refractivity contribution in [3.05, 3.63) is 24.3 Å². The number of fused-ring (bicyclic) bond motifs is 1. The number of hydrogen-bond acceptors (Lipinski definition) is 4. The van der Waals surface area contributed by atoms with Crippen molar-refractivity contribution >= 4 is 28.9 Å². The van der Waals surface area contributed by atoms with Crippen LogP contribution in [0, 0.1) is 0 Å². The maximum atomic E-state index is 9.64. The predicted octanol–water partition coefficient (Wildman–Crippen LogP) is 1.08. The van der Waals surface area contributed by atoms with Crippen LogP contribution in [-0.2, 0) is 9.59 Å². The third kappa shape index (κ3) is 4.52. The standard InChI is InChI=1S/C7H7N3.C4H6O4/c8-7-9-5-3-1-2-4-6(5)10-7;5-3(6)1-2-4(7)8/h1-4H,(H3,8,9,10);1-2H2,(H,5,6)(H,7,8). The van der Waals surface area contributed by atoms with Gasteiger partial charge in [-0.25, -0.2) is 4.98 Å². The van der Waals surface area contributed by atoms with E-state index >= 15 is 0 Å². The minimum atomic E-state index is -1.08. The number of hydrogen-bond donors (Lipinski definition) is 4. The molecule has 0 unspecified atom stereocenters. The number of carbonyl (C=O) groups is 2. The van der Waals surface area contributed by atoms with Crippen LogP contribution in [0.1, 0.15) is 12.8 Å². The van der Waals surface area contributed by atoms with Crippen LogP contribution in [0.2, 0.25) is 0 Å². The molecule has 2 aromatic rings. The van der Waals surface area contributed by atoms with Gasteiger partial charge in [0.05, 0.1) is 23.9 Å². The number of aromatic nitrogens is 2. The summed E-state index contributed by atoms with van der Waals surface area (Å²) >= 11 is 0. The number of aromatic amines is 1. The highest BCUT2D eigenvalue weighted by Gasteiger charge is 2.00. The predicted molar refractivity (Wildman–Crippen MR) is 65.0 cm³/mol. The lowest BCUT2D eigenvalue weighted by Gasteiger charge is -1.85. The largest absolute Gasteiger partial charge is 0.481 e. The number of anilines is 1. The first-order valence-corrected chi connectivity index (χ1v) is 5.13. The van der Waals surface area contributed by atoms with E-state index in [1.165, 1.54) is 0 Å². The Balaban J connectivity index is 0.000000187. The van der Waals surface area contributed by atoms with Gasteiger partial charge in [-0.05, 0) is 12.1 Å². The van der Waals surface area contributed by atoms with Crippen LogP contribution in [0.5, 0.6) is 0 Å². The molecule has 0 atom stereocenters. The highest BCUT2D eigenvalue weighted by atomic mass is 16.4. The molecule has 7 heteroatoms. The number of imidazole rings is 1. The maximum absolute atomic E-state index is 9.64. The van der Waals surface area contributed by atoms with E-state index in [1.54, 1.807) is 0 Å². The summed E-state index contributed by atoms with van der Waals surface area (Å²) in [6.07, 6.45) is -0.593. The number of nitrogens with one attached hydrogen (secondary N) is 1. The molecular formula is C11H13N3O4.